The lowest BCUT2D eigenvalue weighted by molar-refractivity contribution is 0.713. The van der Waals surface area contributed by atoms with Gasteiger partial charge < -0.3 is 0 Å². The van der Waals surface area contributed by atoms with Gasteiger partial charge in [-0.2, -0.15) is 0 Å². The second-order valence-electron chi connectivity index (χ2n) is 5.68. The molecule has 0 aromatic carbocycles. The lowest BCUT2D eigenvalue weighted by Gasteiger charge is -2.00. The lowest BCUT2D eigenvalue weighted by Crippen LogP contribution is -2.15. The number of rotatable bonds is 3. The van der Waals surface area contributed by atoms with E-state index in [4.69, 9.17) is 0 Å². The van der Waals surface area contributed by atoms with Gasteiger partial charge in [-0.25, -0.2) is 14.5 Å². The summed E-state index contributed by atoms with van der Waals surface area (Å²) in [6.07, 6.45) is 6.79. The molecule has 0 saturated heterocycles. The average Bonchev–Trinajstić information content (AvgIpc) is 3.00. The van der Waals surface area contributed by atoms with Gasteiger partial charge in [0, 0.05) is 10.6 Å². The van der Waals surface area contributed by atoms with Gasteiger partial charge in [-0.15, -0.1) is 16.4 Å². The van der Waals surface area contributed by atoms with E-state index >= 15 is 0 Å². The Morgan fingerprint density at radius 3 is 3.05 bits per heavy atom. The Balaban J connectivity index is 1.98. The Morgan fingerprint density at radius 2 is 2.18 bits per heavy atom. The molecule has 7 heteroatoms. The predicted molar refractivity (Wildman–Crippen MR) is 91.3 cm³/mol. The molecule has 3 aromatic rings. The number of aryl methyl sites for hydroxylation is 2. The third-order valence-electron chi connectivity index (χ3n) is 4.12. The van der Waals surface area contributed by atoms with Gasteiger partial charge in [-0.05, 0) is 37.7 Å². The molecule has 3 heterocycles. The van der Waals surface area contributed by atoms with Crippen molar-refractivity contribution in [3.63, 3.8) is 0 Å². The molecule has 0 radical (unpaired) electrons. The van der Waals surface area contributed by atoms with E-state index in [0.717, 1.165) is 40.4 Å². The summed E-state index contributed by atoms with van der Waals surface area (Å²) in [6.45, 7) is 2.12. The summed E-state index contributed by atoms with van der Waals surface area (Å²) >= 11 is 3.30. The van der Waals surface area contributed by atoms with Crippen molar-refractivity contribution in [3.05, 3.63) is 20.8 Å². The van der Waals surface area contributed by atoms with Crippen LogP contribution in [-0.2, 0) is 12.8 Å². The number of thiophene rings is 1. The van der Waals surface area contributed by atoms with Gasteiger partial charge in [-0.3, -0.25) is 4.79 Å². The monoisotopic (exact) mass is 334 g/mol. The number of fused-ring (bicyclic) bond motifs is 4. The van der Waals surface area contributed by atoms with Crippen molar-refractivity contribution >= 4 is 39.1 Å². The van der Waals surface area contributed by atoms with E-state index in [0.29, 0.717) is 5.78 Å². The standard InChI is InChI=1S/C15H18N4OS2/c1-2-8-21-15-18-17-14-16-12-11(13(20)19(14)15)9-6-4-3-5-7-10(9)22-12/h2-8H2,1H3,(H,16,17). The first-order chi connectivity index (χ1) is 10.8. The van der Waals surface area contributed by atoms with Crippen molar-refractivity contribution < 1.29 is 0 Å². The van der Waals surface area contributed by atoms with Crippen LogP contribution in [0.5, 0.6) is 0 Å². The van der Waals surface area contributed by atoms with E-state index in [2.05, 4.69) is 22.1 Å². The summed E-state index contributed by atoms with van der Waals surface area (Å²) in [4.78, 5) is 19.9. The second kappa shape index (κ2) is 5.70. The molecule has 0 spiro atoms. The fraction of sp³-hybridized carbons (Fsp3) is 0.533. The molecule has 0 amide bonds. The third kappa shape index (κ3) is 2.18. The van der Waals surface area contributed by atoms with E-state index in [9.17, 15) is 4.79 Å². The zero-order chi connectivity index (χ0) is 15.1. The first kappa shape index (κ1) is 14.3. The predicted octanol–water partition coefficient (Wildman–Crippen LogP) is 3.40. The van der Waals surface area contributed by atoms with Crippen LogP contribution >= 0.6 is 23.1 Å². The number of nitrogens with zero attached hydrogens (tertiary/aromatic N) is 3. The van der Waals surface area contributed by atoms with Crippen molar-refractivity contribution in [1.82, 2.24) is 19.6 Å². The second-order valence-corrected chi connectivity index (χ2v) is 7.82. The highest BCUT2D eigenvalue weighted by Crippen LogP contribution is 2.33. The number of aromatic nitrogens is 4. The summed E-state index contributed by atoms with van der Waals surface area (Å²) in [6, 6.07) is 0. The quantitative estimate of drug-likeness (QED) is 0.589. The van der Waals surface area contributed by atoms with Crippen LogP contribution in [0.4, 0.5) is 0 Å². The van der Waals surface area contributed by atoms with Crippen LogP contribution in [0.15, 0.2) is 9.95 Å². The SMILES string of the molecule is CCCSc1n[nH]c2nc3sc4c(c3c(=O)n12)CCCCC4. The molecule has 3 aromatic heterocycles. The highest BCUT2D eigenvalue weighted by atomic mass is 32.2. The summed E-state index contributed by atoms with van der Waals surface area (Å²) < 4.78 is 1.65. The van der Waals surface area contributed by atoms with E-state index in [1.807, 2.05) is 0 Å². The van der Waals surface area contributed by atoms with Crippen LogP contribution in [0.2, 0.25) is 0 Å². The molecule has 1 N–H and O–H groups in total. The summed E-state index contributed by atoms with van der Waals surface area (Å²) in [5.74, 6) is 1.51. The molecule has 0 saturated carbocycles. The van der Waals surface area contributed by atoms with Crippen LogP contribution in [0, 0.1) is 0 Å². The minimum Gasteiger partial charge on any atom is -0.268 e. The van der Waals surface area contributed by atoms with Crippen LogP contribution in [0.3, 0.4) is 0 Å². The molecule has 0 aliphatic heterocycles. The van der Waals surface area contributed by atoms with Crippen molar-refractivity contribution in [2.24, 2.45) is 0 Å². The molecule has 22 heavy (non-hydrogen) atoms. The maximum Gasteiger partial charge on any atom is 0.270 e. The van der Waals surface area contributed by atoms with Gasteiger partial charge in [-0.1, -0.05) is 25.1 Å². The van der Waals surface area contributed by atoms with Crippen molar-refractivity contribution in [1.29, 1.82) is 0 Å². The molecule has 4 rings (SSSR count). The zero-order valence-electron chi connectivity index (χ0n) is 12.5. The van der Waals surface area contributed by atoms with E-state index in [1.54, 1.807) is 27.5 Å². The third-order valence-corrected chi connectivity index (χ3v) is 6.45. The number of aromatic amines is 1. The molecule has 5 nitrogen and oxygen atoms in total. The summed E-state index contributed by atoms with van der Waals surface area (Å²) in [7, 11) is 0. The fourth-order valence-corrected chi connectivity index (χ4v) is 5.12. The van der Waals surface area contributed by atoms with Crippen molar-refractivity contribution in [2.45, 2.75) is 50.6 Å². The Kier molecular flexibility index (Phi) is 3.69. The summed E-state index contributed by atoms with van der Waals surface area (Å²) in [5, 5.41) is 8.74. The smallest absolute Gasteiger partial charge is 0.268 e. The van der Waals surface area contributed by atoms with Crippen LogP contribution in [0.1, 0.15) is 43.0 Å². The highest BCUT2D eigenvalue weighted by molar-refractivity contribution is 7.99. The molecule has 1 aliphatic carbocycles. The average molecular weight is 334 g/mol. The molecule has 1 aliphatic rings. The molecule has 116 valence electrons. The van der Waals surface area contributed by atoms with Gasteiger partial charge in [0.1, 0.15) is 4.83 Å². The first-order valence-corrected chi connectivity index (χ1v) is 9.64. The minimum atomic E-state index is 0.0479. The molecular formula is C15H18N4OS2. The number of hydrogen-bond acceptors (Lipinski definition) is 5. The van der Waals surface area contributed by atoms with Crippen molar-refractivity contribution in [2.75, 3.05) is 5.75 Å². The Bertz CT molecular complexity index is 892. The largest absolute Gasteiger partial charge is 0.270 e. The van der Waals surface area contributed by atoms with Gasteiger partial charge in [0.05, 0.1) is 5.39 Å². The maximum absolute atomic E-state index is 13.0. The molecular weight excluding hydrogens is 316 g/mol. The topological polar surface area (TPSA) is 63.0 Å². The number of nitrogens with one attached hydrogen (secondary N) is 1. The summed E-state index contributed by atoms with van der Waals surface area (Å²) in [5.41, 5.74) is 1.30. The van der Waals surface area contributed by atoms with Gasteiger partial charge in [0.25, 0.3) is 5.56 Å². The van der Waals surface area contributed by atoms with Crippen LogP contribution in [0.25, 0.3) is 16.0 Å². The van der Waals surface area contributed by atoms with Gasteiger partial charge >= 0.3 is 0 Å². The van der Waals surface area contributed by atoms with E-state index in [-0.39, 0.29) is 5.56 Å². The van der Waals surface area contributed by atoms with E-state index < -0.39 is 0 Å². The zero-order valence-corrected chi connectivity index (χ0v) is 14.1. The first-order valence-electron chi connectivity index (χ1n) is 7.83. The Hall–Kier alpha value is -1.34. The Morgan fingerprint density at radius 1 is 1.32 bits per heavy atom. The fourth-order valence-electron chi connectivity index (χ4n) is 3.07. The molecule has 0 bridgehead atoms. The van der Waals surface area contributed by atoms with Gasteiger partial charge in [0.15, 0.2) is 5.16 Å². The van der Waals surface area contributed by atoms with E-state index in [1.165, 1.54) is 29.7 Å². The lowest BCUT2D eigenvalue weighted by atomic mass is 10.1. The highest BCUT2D eigenvalue weighted by Gasteiger charge is 2.21. The van der Waals surface area contributed by atoms with Crippen LogP contribution < -0.4 is 5.56 Å². The number of hydrogen-bond donors (Lipinski definition) is 1. The minimum absolute atomic E-state index is 0.0479. The number of H-pyrrole nitrogens is 1. The van der Waals surface area contributed by atoms with Gasteiger partial charge in [0.2, 0.25) is 5.78 Å². The molecule has 0 fully saturated rings. The number of thioether (sulfide) groups is 1. The van der Waals surface area contributed by atoms with Crippen molar-refractivity contribution in [3.8, 4) is 0 Å². The molecule has 0 atom stereocenters. The normalized spacial score (nSPS) is 15.3. The maximum atomic E-state index is 13.0. The Labute approximate surface area is 136 Å². The van der Waals surface area contributed by atoms with Crippen LogP contribution in [-0.4, -0.2) is 25.3 Å². The molecule has 0 unspecified atom stereocenters.